The number of aromatic nitrogens is 5. The molecule has 1 fully saturated rings. The first-order chi connectivity index (χ1) is 19.2. The number of nitrogens with one attached hydrogen (secondary N) is 2. The summed E-state index contributed by atoms with van der Waals surface area (Å²) >= 11 is 1.34. The van der Waals surface area contributed by atoms with Gasteiger partial charge in [-0.25, -0.2) is 29.7 Å². The third-order valence-corrected chi connectivity index (χ3v) is 8.08. The minimum absolute atomic E-state index is 0.327. The Kier molecular flexibility index (Phi) is 7.59. The van der Waals surface area contributed by atoms with Gasteiger partial charge in [-0.1, -0.05) is 11.3 Å². The molecule has 4 aromatic rings. The number of carbonyl (C=O) groups excluding carboxylic acids is 1. The number of hydrogen-bond donors (Lipinski definition) is 4. The number of piperidine rings is 1. The average Bonchev–Trinajstić information content (AvgIpc) is 3.35. The number of anilines is 2. The number of amides is 2. The summed E-state index contributed by atoms with van der Waals surface area (Å²) in [5.41, 5.74) is 2.91. The molecule has 0 spiro atoms. The predicted molar refractivity (Wildman–Crippen MR) is 152 cm³/mol. The van der Waals surface area contributed by atoms with Crippen LogP contribution in [0.5, 0.6) is 0 Å². The quantitative estimate of drug-likeness (QED) is 0.258. The second kappa shape index (κ2) is 11.1. The van der Waals surface area contributed by atoms with E-state index in [4.69, 9.17) is 0 Å². The van der Waals surface area contributed by atoms with Crippen molar-refractivity contribution in [3.8, 4) is 22.4 Å². The first-order valence-corrected chi connectivity index (χ1v) is 13.8. The molecule has 5 rings (SSSR count). The maximum absolute atomic E-state index is 12.2. The summed E-state index contributed by atoms with van der Waals surface area (Å²) in [7, 11) is 0. The lowest BCUT2D eigenvalue weighted by Crippen LogP contribution is -2.43. The van der Waals surface area contributed by atoms with Gasteiger partial charge >= 0.3 is 12.0 Å². The Morgan fingerprint density at radius 1 is 1.10 bits per heavy atom. The molecule has 3 aromatic heterocycles. The van der Waals surface area contributed by atoms with Crippen molar-refractivity contribution in [1.29, 1.82) is 0 Å². The number of fused-ring (bicyclic) bond motifs is 1. The minimum Gasteiger partial charge on any atom is -0.481 e. The van der Waals surface area contributed by atoms with E-state index in [2.05, 4.69) is 40.5 Å². The maximum Gasteiger partial charge on any atom is 0.321 e. The molecule has 1 atom stereocenters. The molecule has 1 aromatic carbocycles. The summed E-state index contributed by atoms with van der Waals surface area (Å²) in [5.74, 6) is 0.265. The highest BCUT2D eigenvalue weighted by molar-refractivity contribution is 7.22. The van der Waals surface area contributed by atoms with Crippen LogP contribution in [-0.4, -0.2) is 66.8 Å². The summed E-state index contributed by atoms with van der Waals surface area (Å²) in [4.78, 5) is 48.2. The first kappa shape index (κ1) is 27.3. The Bertz CT molecular complexity index is 1550. The molecule has 0 bridgehead atoms. The second-order valence-corrected chi connectivity index (χ2v) is 11.0. The zero-order chi connectivity index (χ0) is 28.4. The van der Waals surface area contributed by atoms with E-state index in [0.717, 1.165) is 21.4 Å². The largest absolute Gasteiger partial charge is 0.481 e. The van der Waals surface area contributed by atoms with Crippen LogP contribution in [0.25, 0.3) is 32.6 Å². The van der Waals surface area contributed by atoms with Crippen LogP contribution in [0.3, 0.4) is 0 Å². The Morgan fingerprint density at radius 3 is 2.48 bits per heavy atom. The van der Waals surface area contributed by atoms with E-state index < -0.39 is 17.5 Å². The van der Waals surface area contributed by atoms with Crippen LogP contribution in [0.4, 0.5) is 15.7 Å². The van der Waals surface area contributed by atoms with Crippen molar-refractivity contribution < 1.29 is 19.8 Å². The van der Waals surface area contributed by atoms with E-state index in [1.807, 2.05) is 25.1 Å². The molecule has 1 aliphatic rings. The van der Waals surface area contributed by atoms with Crippen LogP contribution < -0.4 is 15.5 Å². The topological polar surface area (TPSA) is 166 Å². The Labute approximate surface area is 234 Å². The molecular weight excluding hydrogens is 532 g/mol. The number of benzene rings is 1. The van der Waals surface area contributed by atoms with E-state index in [1.54, 1.807) is 26.2 Å². The van der Waals surface area contributed by atoms with Gasteiger partial charge in [-0.15, -0.1) is 0 Å². The molecule has 40 heavy (non-hydrogen) atoms. The summed E-state index contributed by atoms with van der Waals surface area (Å²) in [6, 6.07) is 5.43. The molecule has 208 valence electrons. The highest BCUT2D eigenvalue weighted by atomic mass is 32.1. The smallest absolute Gasteiger partial charge is 0.321 e. The number of aliphatic hydroxyl groups is 1. The fraction of sp³-hybridized carbons (Fsp3) is 0.370. The lowest BCUT2D eigenvalue weighted by Gasteiger charge is -2.37. The summed E-state index contributed by atoms with van der Waals surface area (Å²) in [5, 5.41) is 25.3. The Hall–Kier alpha value is -4.23. The van der Waals surface area contributed by atoms with E-state index in [0.29, 0.717) is 60.5 Å². The van der Waals surface area contributed by atoms with E-state index >= 15 is 0 Å². The summed E-state index contributed by atoms with van der Waals surface area (Å²) in [6.45, 7) is 6.86. The molecule has 1 saturated heterocycles. The number of carboxylic acid groups (broad SMARTS) is 1. The number of urea groups is 1. The summed E-state index contributed by atoms with van der Waals surface area (Å²) in [6.07, 6.45) is 5.07. The van der Waals surface area contributed by atoms with Crippen molar-refractivity contribution in [3.63, 3.8) is 0 Å². The van der Waals surface area contributed by atoms with Crippen molar-refractivity contribution >= 4 is 44.5 Å². The molecule has 13 heteroatoms. The molecule has 4 heterocycles. The van der Waals surface area contributed by atoms with Crippen LogP contribution in [0, 0.1) is 5.41 Å². The number of nitrogens with zero attached hydrogens (tertiary/aromatic N) is 6. The van der Waals surface area contributed by atoms with Gasteiger partial charge in [-0.05, 0) is 51.3 Å². The number of carboxylic acids is 1. The van der Waals surface area contributed by atoms with Gasteiger partial charge in [0.1, 0.15) is 18.2 Å². The monoisotopic (exact) mass is 562 g/mol. The molecule has 0 radical (unpaired) electrons. The number of hydrogen-bond acceptors (Lipinski definition) is 10. The van der Waals surface area contributed by atoms with Crippen LogP contribution in [-0.2, 0) is 4.79 Å². The predicted octanol–water partition coefficient (Wildman–Crippen LogP) is 4.10. The highest BCUT2D eigenvalue weighted by Gasteiger charge is 2.37. The number of thiazole rings is 1. The number of aliphatic carboxylic acids is 1. The minimum atomic E-state index is -0.781. The van der Waals surface area contributed by atoms with E-state index in [1.165, 1.54) is 17.7 Å². The molecule has 0 saturated carbocycles. The molecular formula is C27H30N8O4S. The molecule has 4 N–H and O–H groups in total. The van der Waals surface area contributed by atoms with E-state index in [-0.39, 0.29) is 6.03 Å². The lowest BCUT2D eigenvalue weighted by atomic mass is 9.80. The van der Waals surface area contributed by atoms with Crippen LogP contribution in [0.2, 0.25) is 0 Å². The molecule has 12 nitrogen and oxygen atoms in total. The molecule has 2 amide bonds. The lowest BCUT2D eigenvalue weighted by molar-refractivity contribution is -0.149. The van der Waals surface area contributed by atoms with Gasteiger partial charge < -0.3 is 20.4 Å². The van der Waals surface area contributed by atoms with Crippen molar-refractivity contribution in [2.75, 3.05) is 29.9 Å². The van der Waals surface area contributed by atoms with Crippen molar-refractivity contribution in [2.45, 2.75) is 39.7 Å². The fourth-order valence-corrected chi connectivity index (χ4v) is 5.52. The van der Waals surface area contributed by atoms with Gasteiger partial charge in [0.05, 0.1) is 21.3 Å². The van der Waals surface area contributed by atoms with Gasteiger partial charge in [-0.3, -0.25) is 10.1 Å². The fourth-order valence-electron chi connectivity index (χ4n) is 4.56. The first-order valence-electron chi connectivity index (χ1n) is 13.0. The highest BCUT2D eigenvalue weighted by Crippen LogP contribution is 2.39. The van der Waals surface area contributed by atoms with Gasteiger partial charge in [0.25, 0.3) is 0 Å². The Morgan fingerprint density at radius 2 is 1.82 bits per heavy atom. The molecule has 1 unspecified atom stereocenters. The van der Waals surface area contributed by atoms with Crippen LogP contribution in [0.1, 0.15) is 45.5 Å². The number of carbonyl (C=O) groups is 2. The molecule has 1 aliphatic heterocycles. The molecule has 0 aliphatic carbocycles. The van der Waals surface area contributed by atoms with Gasteiger partial charge in [0, 0.05) is 49.2 Å². The maximum atomic E-state index is 12.2. The second-order valence-electron chi connectivity index (χ2n) is 10.00. The van der Waals surface area contributed by atoms with Crippen LogP contribution in [0.15, 0.2) is 36.9 Å². The van der Waals surface area contributed by atoms with Crippen LogP contribution >= 0.6 is 11.3 Å². The van der Waals surface area contributed by atoms with Crippen molar-refractivity contribution in [1.82, 2.24) is 30.2 Å². The Balaban J connectivity index is 1.55. The van der Waals surface area contributed by atoms with Gasteiger partial charge in [-0.2, -0.15) is 0 Å². The number of aliphatic hydroxyl groups excluding tert-OH is 1. The number of rotatable bonds is 7. The van der Waals surface area contributed by atoms with Crippen molar-refractivity contribution in [3.05, 3.63) is 42.7 Å². The third kappa shape index (κ3) is 5.56. The normalized spacial score (nSPS) is 15.6. The third-order valence-electron chi connectivity index (χ3n) is 7.06. The average molecular weight is 563 g/mol. The van der Waals surface area contributed by atoms with Gasteiger partial charge in [0.2, 0.25) is 0 Å². The standard InChI is InChI=1S/C27H30N8O4S/c1-4-28-25(39)34-26-33-20-10-16(17-12-29-23(15(2)36)30-13-17)9-18(22(20)40-26)19-11-21(32-14-31-19)35-7-5-27(3,6-8-35)24(37)38/h9-15,36H,4-8H2,1-3H3,(H,37,38)(H2,28,33,34,39). The summed E-state index contributed by atoms with van der Waals surface area (Å²) < 4.78 is 0.832. The zero-order valence-electron chi connectivity index (χ0n) is 22.4. The SMILES string of the molecule is CCNC(=O)Nc1nc2cc(-c3cnc(C(C)O)nc3)cc(-c3cc(N4CCC(C)(C(=O)O)CC4)ncn3)c2s1. The van der Waals surface area contributed by atoms with Crippen molar-refractivity contribution in [2.24, 2.45) is 5.41 Å². The van der Waals surface area contributed by atoms with Gasteiger partial charge in [0.15, 0.2) is 11.0 Å². The van der Waals surface area contributed by atoms with E-state index in [9.17, 15) is 19.8 Å². The zero-order valence-corrected chi connectivity index (χ0v) is 23.2.